The van der Waals surface area contributed by atoms with Crippen LogP contribution < -0.4 is 0 Å². The molecular weight excluding hydrogens is 808 g/mol. The first kappa shape index (κ1) is 43.7. The SMILES string of the molecule is Oc1cc(CCc2c(O)cc(CC[C@H](Cc3cc(O)c(O)c(O)c3)[C@@H](Cc3cc(O)c(O)c(O)c3)c3cc(O)c(CCc4cc(O)c(O)c(O)c4)c(O)c3)cc2O)cc(O)c1O. The molecule has 0 fully saturated rings. The summed E-state index contributed by atoms with van der Waals surface area (Å²) in [4.78, 5) is 0. The van der Waals surface area contributed by atoms with Gasteiger partial charge < -0.3 is 81.7 Å². The van der Waals surface area contributed by atoms with Crippen LogP contribution in [-0.2, 0) is 44.9 Å². The largest absolute Gasteiger partial charge is 0.508 e. The molecule has 0 aliphatic carbocycles. The number of phenols is 16. The summed E-state index contributed by atoms with van der Waals surface area (Å²) in [5.41, 5.74) is 2.55. The third-order valence-corrected chi connectivity index (χ3v) is 11.1. The molecule has 0 saturated heterocycles. The zero-order valence-electron chi connectivity index (χ0n) is 32.9. The third kappa shape index (κ3) is 9.60. The molecule has 0 heterocycles. The Labute approximate surface area is 353 Å². The van der Waals surface area contributed by atoms with E-state index in [0.717, 1.165) is 0 Å². The first-order valence-electron chi connectivity index (χ1n) is 19.3. The summed E-state index contributed by atoms with van der Waals surface area (Å²) < 4.78 is 0. The monoisotopic (exact) mass is 854 g/mol. The van der Waals surface area contributed by atoms with Crippen molar-refractivity contribution >= 4 is 0 Å². The molecular formula is C46H46O16. The molecule has 0 aliphatic heterocycles. The maximum atomic E-state index is 11.4. The minimum atomic E-state index is -0.755. The van der Waals surface area contributed by atoms with Crippen LogP contribution in [-0.4, -0.2) is 81.7 Å². The molecule has 0 saturated carbocycles. The Kier molecular flexibility index (Phi) is 12.5. The van der Waals surface area contributed by atoms with Crippen LogP contribution in [0.25, 0.3) is 0 Å². The average Bonchev–Trinajstić information content (AvgIpc) is 3.20. The van der Waals surface area contributed by atoms with Crippen LogP contribution in [0, 0.1) is 5.92 Å². The first-order chi connectivity index (χ1) is 29.3. The highest BCUT2D eigenvalue weighted by Crippen LogP contribution is 2.45. The van der Waals surface area contributed by atoms with E-state index in [2.05, 4.69) is 0 Å². The number of aromatic hydroxyl groups is 16. The van der Waals surface area contributed by atoms with Gasteiger partial charge in [0.15, 0.2) is 69.0 Å². The molecule has 16 heteroatoms. The van der Waals surface area contributed by atoms with E-state index in [9.17, 15) is 81.7 Å². The highest BCUT2D eigenvalue weighted by atomic mass is 16.3. The van der Waals surface area contributed by atoms with Gasteiger partial charge in [0.1, 0.15) is 23.0 Å². The lowest BCUT2D eigenvalue weighted by atomic mass is 9.75. The van der Waals surface area contributed by atoms with Crippen molar-refractivity contribution in [3.63, 3.8) is 0 Å². The van der Waals surface area contributed by atoms with E-state index in [0.29, 0.717) is 33.4 Å². The van der Waals surface area contributed by atoms with E-state index < -0.39 is 80.8 Å². The number of hydrogen-bond acceptors (Lipinski definition) is 16. The average molecular weight is 855 g/mol. The van der Waals surface area contributed by atoms with Gasteiger partial charge in [0, 0.05) is 11.1 Å². The van der Waals surface area contributed by atoms with Crippen LogP contribution in [0.5, 0.6) is 92.0 Å². The predicted octanol–water partition coefficient (Wildman–Crippen LogP) is 6.36. The van der Waals surface area contributed by atoms with Gasteiger partial charge in [0.05, 0.1) is 0 Å². The molecule has 0 spiro atoms. The van der Waals surface area contributed by atoms with Gasteiger partial charge in [0.25, 0.3) is 0 Å². The van der Waals surface area contributed by atoms with Crippen molar-refractivity contribution in [3.05, 3.63) is 117 Å². The molecule has 0 aromatic heterocycles. The number of hydrogen-bond donors (Lipinski definition) is 16. The Morgan fingerprint density at radius 2 is 0.548 bits per heavy atom. The van der Waals surface area contributed by atoms with Crippen molar-refractivity contribution in [2.75, 3.05) is 0 Å². The Balaban J connectivity index is 1.36. The molecule has 16 nitrogen and oxygen atoms in total. The van der Waals surface area contributed by atoms with E-state index in [1.54, 1.807) is 0 Å². The van der Waals surface area contributed by atoms with Crippen LogP contribution in [0.1, 0.15) is 56.8 Å². The maximum Gasteiger partial charge on any atom is 0.200 e. The Bertz CT molecular complexity index is 2500. The number of phenolic OH excluding ortho intramolecular Hbond substituents is 16. The summed E-state index contributed by atoms with van der Waals surface area (Å²) in [6, 6.07) is 15.6. The fraction of sp³-hybridized carbons (Fsp3) is 0.217. The van der Waals surface area contributed by atoms with Gasteiger partial charge in [-0.2, -0.15) is 0 Å². The van der Waals surface area contributed by atoms with Crippen LogP contribution in [0.2, 0.25) is 0 Å². The van der Waals surface area contributed by atoms with Crippen molar-refractivity contribution in [3.8, 4) is 92.0 Å². The smallest absolute Gasteiger partial charge is 0.200 e. The summed E-state index contributed by atoms with van der Waals surface area (Å²) in [5.74, 6) is -10.1. The second kappa shape index (κ2) is 17.8. The van der Waals surface area contributed by atoms with Crippen LogP contribution in [0.15, 0.2) is 72.8 Å². The van der Waals surface area contributed by atoms with Crippen molar-refractivity contribution in [2.24, 2.45) is 5.92 Å². The van der Waals surface area contributed by atoms with E-state index in [1.807, 2.05) is 0 Å². The summed E-state index contributed by atoms with van der Waals surface area (Å²) in [6.07, 6.45) is 0.793. The van der Waals surface area contributed by atoms with Crippen molar-refractivity contribution in [2.45, 2.75) is 57.3 Å². The molecule has 2 atom stereocenters. The maximum absolute atomic E-state index is 11.4. The van der Waals surface area contributed by atoms with Gasteiger partial charge in [-0.25, -0.2) is 0 Å². The van der Waals surface area contributed by atoms with Gasteiger partial charge in [-0.1, -0.05) is 0 Å². The standard InChI is InChI=1S/C46H46O16/c47-31-9-21(10-32(48)28(31)5-2-22-11-35(51)43(59)36(52)12-22)1-4-26(7-24-15-39(55)45(61)40(56)16-24)30(8-25-17-41(57)46(62)42(58)18-25)27-19-33(49)29(34(50)20-27)6-3-23-13-37(53)44(60)38(54)14-23/h9-20,26,30,47-62H,1-8H2/t26-,30-/m1/s1. The lowest BCUT2D eigenvalue weighted by Gasteiger charge is -2.29. The minimum absolute atomic E-state index is 0.00971. The van der Waals surface area contributed by atoms with Gasteiger partial charge in [0.2, 0.25) is 0 Å². The van der Waals surface area contributed by atoms with Crippen molar-refractivity contribution in [1.29, 1.82) is 0 Å². The molecule has 6 aromatic carbocycles. The second-order valence-electron chi connectivity index (χ2n) is 15.4. The molecule has 62 heavy (non-hydrogen) atoms. The molecule has 6 rings (SSSR count). The molecule has 0 aliphatic rings. The van der Waals surface area contributed by atoms with Crippen LogP contribution in [0.3, 0.4) is 0 Å². The van der Waals surface area contributed by atoms with Crippen LogP contribution >= 0.6 is 0 Å². The first-order valence-corrected chi connectivity index (χ1v) is 19.3. The predicted molar refractivity (Wildman–Crippen MR) is 222 cm³/mol. The van der Waals surface area contributed by atoms with Crippen molar-refractivity contribution in [1.82, 2.24) is 0 Å². The van der Waals surface area contributed by atoms with E-state index in [4.69, 9.17) is 0 Å². The number of rotatable bonds is 15. The topological polar surface area (TPSA) is 324 Å². The van der Waals surface area contributed by atoms with Gasteiger partial charge >= 0.3 is 0 Å². The number of aryl methyl sites for hydroxylation is 3. The lowest BCUT2D eigenvalue weighted by Crippen LogP contribution is -2.20. The fourth-order valence-electron chi connectivity index (χ4n) is 7.85. The zero-order chi connectivity index (χ0) is 45.2. The highest BCUT2D eigenvalue weighted by molar-refractivity contribution is 5.56. The zero-order valence-corrected chi connectivity index (χ0v) is 32.9. The molecule has 326 valence electrons. The summed E-state index contributed by atoms with van der Waals surface area (Å²) in [7, 11) is 0. The lowest BCUT2D eigenvalue weighted by molar-refractivity contribution is 0.358. The van der Waals surface area contributed by atoms with Crippen molar-refractivity contribution < 1.29 is 81.7 Å². The van der Waals surface area contributed by atoms with E-state index in [-0.39, 0.29) is 85.5 Å². The minimum Gasteiger partial charge on any atom is -0.508 e. The Morgan fingerprint density at radius 1 is 0.274 bits per heavy atom. The summed E-state index contributed by atoms with van der Waals surface area (Å²) >= 11 is 0. The second-order valence-corrected chi connectivity index (χ2v) is 15.4. The van der Waals surface area contributed by atoms with Gasteiger partial charge in [-0.3, -0.25) is 0 Å². The summed E-state index contributed by atoms with van der Waals surface area (Å²) in [6.45, 7) is 0. The van der Waals surface area contributed by atoms with E-state index in [1.165, 1.54) is 72.8 Å². The molecule has 0 radical (unpaired) electrons. The molecule has 6 aromatic rings. The van der Waals surface area contributed by atoms with Gasteiger partial charge in [-0.15, -0.1) is 0 Å². The van der Waals surface area contributed by atoms with Gasteiger partial charge in [-0.05, 0) is 169 Å². The third-order valence-electron chi connectivity index (χ3n) is 11.1. The fourth-order valence-corrected chi connectivity index (χ4v) is 7.85. The molecule has 0 bridgehead atoms. The highest BCUT2D eigenvalue weighted by Gasteiger charge is 2.28. The Morgan fingerprint density at radius 3 is 0.903 bits per heavy atom. The van der Waals surface area contributed by atoms with Crippen LogP contribution in [0.4, 0.5) is 0 Å². The Hall–Kier alpha value is -7.88. The quantitative estimate of drug-likeness (QED) is 0.0499. The normalized spacial score (nSPS) is 12.3. The summed E-state index contributed by atoms with van der Waals surface area (Å²) in [5, 5.41) is 166. The molecule has 16 N–H and O–H groups in total. The number of benzene rings is 6. The van der Waals surface area contributed by atoms with E-state index >= 15 is 0 Å². The molecule has 0 unspecified atom stereocenters. The molecule has 0 amide bonds.